The zero-order valence-electron chi connectivity index (χ0n) is 19.3. The lowest BCUT2D eigenvalue weighted by molar-refractivity contribution is -0.384. The van der Waals surface area contributed by atoms with Crippen molar-refractivity contribution in [1.29, 1.82) is 0 Å². The first-order valence-electron chi connectivity index (χ1n) is 11.0. The lowest BCUT2D eigenvalue weighted by Gasteiger charge is -2.37. The molecule has 1 aliphatic heterocycles. The number of nitro benzene ring substituents is 1. The minimum absolute atomic E-state index is 0.0491. The van der Waals surface area contributed by atoms with Crippen molar-refractivity contribution >= 4 is 46.2 Å². The summed E-state index contributed by atoms with van der Waals surface area (Å²) in [6.45, 7) is 2.96. The summed E-state index contributed by atoms with van der Waals surface area (Å²) in [6, 6.07) is 11.0. The summed E-state index contributed by atoms with van der Waals surface area (Å²) < 4.78 is 44.6. The van der Waals surface area contributed by atoms with E-state index in [2.05, 4.69) is 5.32 Å². The molecule has 37 heavy (non-hydrogen) atoms. The standard InChI is InChI=1S/C24H20ClF3N4O4S/c1-14-2-3-15(12-17(14)25)20-6-7-21(36-20)22(33)29-23(37)31-10-8-30(9-11-31)18-5-4-16(24(26,27)28)13-19(18)32(34)35/h2-7,12-13H,8-11H2,1H3,(H,29,33,37). The molecule has 0 unspecified atom stereocenters. The minimum Gasteiger partial charge on any atom is -0.451 e. The Morgan fingerprint density at radius 2 is 1.81 bits per heavy atom. The summed E-state index contributed by atoms with van der Waals surface area (Å²) in [5.74, 6) is -0.0342. The third kappa shape index (κ3) is 5.86. The molecule has 194 valence electrons. The zero-order valence-corrected chi connectivity index (χ0v) is 20.9. The number of hydrogen-bond acceptors (Lipinski definition) is 6. The molecule has 1 amide bonds. The second-order valence-electron chi connectivity index (χ2n) is 8.32. The maximum atomic E-state index is 13.0. The lowest BCUT2D eigenvalue weighted by atomic mass is 10.1. The van der Waals surface area contributed by atoms with Crippen molar-refractivity contribution in [3.05, 3.63) is 80.6 Å². The molecule has 2 heterocycles. The molecule has 2 aromatic carbocycles. The molecule has 4 rings (SSSR count). The Bertz CT molecular complexity index is 1370. The number of aryl methyl sites for hydroxylation is 1. The van der Waals surface area contributed by atoms with E-state index >= 15 is 0 Å². The van der Waals surface area contributed by atoms with Gasteiger partial charge in [-0.1, -0.05) is 23.7 Å². The predicted molar refractivity (Wildman–Crippen MR) is 136 cm³/mol. The van der Waals surface area contributed by atoms with Crippen LogP contribution in [0.5, 0.6) is 0 Å². The van der Waals surface area contributed by atoms with E-state index in [1.165, 1.54) is 6.07 Å². The van der Waals surface area contributed by atoms with Crippen LogP contribution >= 0.6 is 23.8 Å². The van der Waals surface area contributed by atoms with Gasteiger partial charge in [0.25, 0.3) is 11.6 Å². The normalized spacial score (nSPS) is 14.0. The third-order valence-corrected chi connectivity index (χ3v) is 6.68. The largest absolute Gasteiger partial charge is 0.451 e. The van der Waals surface area contributed by atoms with Crippen LogP contribution < -0.4 is 10.2 Å². The smallest absolute Gasteiger partial charge is 0.416 e. The first-order chi connectivity index (χ1) is 17.4. The Morgan fingerprint density at radius 3 is 2.43 bits per heavy atom. The fourth-order valence-electron chi connectivity index (χ4n) is 3.86. The van der Waals surface area contributed by atoms with Gasteiger partial charge in [-0.3, -0.25) is 20.2 Å². The van der Waals surface area contributed by atoms with Gasteiger partial charge in [0, 0.05) is 42.8 Å². The topological polar surface area (TPSA) is 91.9 Å². The van der Waals surface area contributed by atoms with Gasteiger partial charge in [0.1, 0.15) is 11.4 Å². The first-order valence-corrected chi connectivity index (χ1v) is 11.8. The predicted octanol–water partition coefficient (Wildman–Crippen LogP) is 5.67. The van der Waals surface area contributed by atoms with Crippen LogP contribution in [0, 0.1) is 17.0 Å². The molecule has 3 aromatic rings. The molecular formula is C24H20ClF3N4O4S. The van der Waals surface area contributed by atoms with E-state index in [1.807, 2.05) is 19.1 Å². The van der Waals surface area contributed by atoms with Crippen LogP contribution in [-0.2, 0) is 6.18 Å². The highest BCUT2D eigenvalue weighted by atomic mass is 35.5. The van der Waals surface area contributed by atoms with Crippen LogP contribution in [0.2, 0.25) is 5.02 Å². The number of nitro groups is 1. The van der Waals surface area contributed by atoms with Gasteiger partial charge in [-0.15, -0.1) is 0 Å². The number of benzene rings is 2. The van der Waals surface area contributed by atoms with E-state index in [0.717, 1.165) is 17.7 Å². The number of carbonyl (C=O) groups excluding carboxylic acids is 1. The van der Waals surface area contributed by atoms with Crippen LogP contribution in [0.4, 0.5) is 24.5 Å². The summed E-state index contributed by atoms with van der Waals surface area (Å²) in [5, 5.41) is 14.7. The highest BCUT2D eigenvalue weighted by molar-refractivity contribution is 7.80. The maximum Gasteiger partial charge on any atom is 0.416 e. The summed E-state index contributed by atoms with van der Waals surface area (Å²) in [4.78, 5) is 26.6. The summed E-state index contributed by atoms with van der Waals surface area (Å²) in [7, 11) is 0. The van der Waals surface area contributed by atoms with Gasteiger partial charge < -0.3 is 14.2 Å². The molecule has 1 fully saturated rings. The van der Waals surface area contributed by atoms with Crippen molar-refractivity contribution in [3.8, 4) is 11.3 Å². The van der Waals surface area contributed by atoms with Gasteiger partial charge in [0.05, 0.1) is 10.5 Å². The molecule has 13 heteroatoms. The van der Waals surface area contributed by atoms with E-state index in [1.54, 1.807) is 21.9 Å². The van der Waals surface area contributed by atoms with Crippen molar-refractivity contribution in [2.24, 2.45) is 0 Å². The Labute approximate surface area is 219 Å². The summed E-state index contributed by atoms with van der Waals surface area (Å²) in [5.41, 5.74) is 0.00521. The average molecular weight is 553 g/mol. The van der Waals surface area contributed by atoms with Crippen LogP contribution in [0.25, 0.3) is 11.3 Å². The van der Waals surface area contributed by atoms with E-state index in [0.29, 0.717) is 35.5 Å². The quantitative estimate of drug-likeness (QED) is 0.253. The van der Waals surface area contributed by atoms with Crippen LogP contribution in [-0.4, -0.2) is 47.0 Å². The van der Waals surface area contributed by atoms with E-state index < -0.39 is 28.3 Å². The second-order valence-corrected chi connectivity index (χ2v) is 9.11. The first kappa shape index (κ1) is 26.4. The van der Waals surface area contributed by atoms with Crippen molar-refractivity contribution < 1.29 is 27.3 Å². The number of carbonyl (C=O) groups is 1. The minimum atomic E-state index is -4.69. The Kier molecular flexibility index (Phi) is 7.42. The molecule has 0 atom stereocenters. The second kappa shape index (κ2) is 10.4. The summed E-state index contributed by atoms with van der Waals surface area (Å²) >= 11 is 11.5. The molecule has 0 aliphatic carbocycles. The molecule has 1 N–H and O–H groups in total. The maximum absolute atomic E-state index is 13.0. The van der Waals surface area contributed by atoms with Gasteiger partial charge in [-0.25, -0.2) is 0 Å². The molecule has 0 spiro atoms. The number of halogens is 4. The molecular weight excluding hydrogens is 533 g/mol. The highest BCUT2D eigenvalue weighted by Crippen LogP contribution is 2.36. The molecule has 1 aromatic heterocycles. The number of furan rings is 1. The monoisotopic (exact) mass is 552 g/mol. The highest BCUT2D eigenvalue weighted by Gasteiger charge is 2.34. The molecule has 0 bridgehead atoms. The molecule has 1 saturated heterocycles. The number of amides is 1. The fraction of sp³-hybridized carbons (Fsp3) is 0.250. The number of hydrogen-bond donors (Lipinski definition) is 1. The SMILES string of the molecule is Cc1ccc(-c2ccc(C(=O)NC(=S)N3CCN(c4ccc(C(F)(F)F)cc4[N+](=O)[O-])CC3)o2)cc1Cl. The number of nitrogens with one attached hydrogen (secondary N) is 1. The van der Waals surface area contributed by atoms with Crippen molar-refractivity contribution in [1.82, 2.24) is 10.2 Å². The molecule has 0 saturated carbocycles. The molecule has 1 aliphatic rings. The van der Waals surface area contributed by atoms with Crippen molar-refractivity contribution in [2.45, 2.75) is 13.1 Å². The van der Waals surface area contributed by atoms with Crippen LogP contribution in [0.1, 0.15) is 21.7 Å². The third-order valence-electron chi connectivity index (χ3n) is 5.91. The van der Waals surface area contributed by atoms with Gasteiger partial charge in [0.2, 0.25) is 0 Å². The number of thiocarbonyl (C=S) groups is 1. The van der Waals surface area contributed by atoms with Gasteiger partial charge >= 0.3 is 6.18 Å². The number of anilines is 1. The number of alkyl halides is 3. The number of nitrogens with zero attached hydrogens (tertiary/aromatic N) is 3. The Morgan fingerprint density at radius 1 is 1.11 bits per heavy atom. The summed E-state index contributed by atoms with van der Waals surface area (Å²) in [6.07, 6.45) is -4.69. The zero-order chi connectivity index (χ0) is 26.9. The number of rotatable bonds is 4. The van der Waals surface area contributed by atoms with E-state index in [-0.39, 0.29) is 29.6 Å². The van der Waals surface area contributed by atoms with Crippen LogP contribution in [0.3, 0.4) is 0 Å². The fourth-order valence-corrected chi connectivity index (χ4v) is 4.32. The average Bonchev–Trinajstić information content (AvgIpc) is 3.35. The Balaban J connectivity index is 1.38. The van der Waals surface area contributed by atoms with E-state index in [9.17, 15) is 28.1 Å². The van der Waals surface area contributed by atoms with Gasteiger partial charge in [0.15, 0.2) is 10.9 Å². The van der Waals surface area contributed by atoms with Crippen LogP contribution in [0.15, 0.2) is 52.9 Å². The van der Waals surface area contributed by atoms with Crippen molar-refractivity contribution in [3.63, 3.8) is 0 Å². The molecule has 0 radical (unpaired) electrons. The van der Waals surface area contributed by atoms with E-state index in [4.69, 9.17) is 28.2 Å². The van der Waals surface area contributed by atoms with Gasteiger partial charge in [-0.2, -0.15) is 13.2 Å². The van der Waals surface area contributed by atoms with Gasteiger partial charge in [-0.05, 0) is 55.0 Å². The molecule has 8 nitrogen and oxygen atoms in total. The number of piperazine rings is 1. The Hall–Kier alpha value is -3.64. The van der Waals surface area contributed by atoms with Crippen molar-refractivity contribution in [2.75, 3.05) is 31.1 Å². The lowest BCUT2D eigenvalue weighted by Crippen LogP contribution is -2.52.